The summed E-state index contributed by atoms with van der Waals surface area (Å²) in [5.41, 5.74) is 6.88. The van der Waals surface area contributed by atoms with Gasteiger partial charge in [-0.05, 0) is 0 Å². The van der Waals surface area contributed by atoms with E-state index in [1.54, 1.807) is 12.3 Å². The number of nitrogens with two attached hydrogens (primary N) is 1. The fourth-order valence-electron chi connectivity index (χ4n) is 1.34. The molecule has 0 saturated carbocycles. The highest BCUT2D eigenvalue weighted by atomic mass is 32.1. The molecule has 3 aromatic rings. The molecule has 0 bridgehead atoms. The van der Waals surface area contributed by atoms with E-state index in [2.05, 4.69) is 20.3 Å². The Bertz CT molecular complexity index is 659. The minimum atomic E-state index is -0.0539. The Hall–Kier alpha value is -2.22. The molecule has 0 radical (unpaired) electrons. The summed E-state index contributed by atoms with van der Waals surface area (Å²) in [7, 11) is 0. The van der Waals surface area contributed by atoms with Gasteiger partial charge in [0.25, 0.3) is 0 Å². The number of nitrogens with zero attached hydrogens (tertiary/aromatic N) is 5. The molecule has 0 amide bonds. The normalized spacial score (nSPS) is 11.0. The maximum atomic E-state index is 9.17. The van der Waals surface area contributed by atoms with Crippen molar-refractivity contribution in [3.63, 3.8) is 0 Å². The number of rotatable bonds is 1. The van der Waals surface area contributed by atoms with Crippen LogP contribution in [0.25, 0.3) is 16.3 Å². The molecule has 16 heavy (non-hydrogen) atoms. The maximum absolute atomic E-state index is 9.17. The monoisotopic (exact) mass is 234 g/mol. The predicted octanol–water partition coefficient (Wildman–Crippen LogP) is 0.536. The molecule has 8 heteroatoms. The van der Waals surface area contributed by atoms with Gasteiger partial charge < -0.3 is 10.8 Å². The van der Waals surface area contributed by atoms with Crippen LogP contribution in [0.2, 0.25) is 0 Å². The van der Waals surface area contributed by atoms with Crippen LogP contribution in [0.4, 0.5) is 5.82 Å². The fraction of sp³-hybridized carbons (Fsp3) is 0. The van der Waals surface area contributed by atoms with Crippen molar-refractivity contribution in [3.05, 3.63) is 17.6 Å². The molecule has 3 aromatic heterocycles. The number of aromatic nitrogens is 5. The van der Waals surface area contributed by atoms with Crippen molar-refractivity contribution in [1.82, 2.24) is 24.8 Å². The summed E-state index contributed by atoms with van der Waals surface area (Å²) in [5.74, 6) is 0.297. The van der Waals surface area contributed by atoms with Crippen LogP contribution in [0.1, 0.15) is 0 Å². The van der Waals surface area contributed by atoms with Gasteiger partial charge >= 0.3 is 0 Å². The average Bonchev–Trinajstić information content (AvgIpc) is 2.87. The SMILES string of the molecule is Nc1c(-c2nc(O)cs2)nnc2ccnn12. The Balaban J connectivity index is 2.27. The van der Waals surface area contributed by atoms with Crippen molar-refractivity contribution in [1.29, 1.82) is 0 Å². The minimum Gasteiger partial charge on any atom is -0.493 e. The molecule has 0 aliphatic carbocycles. The van der Waals surface area contributed by atoms with E-state index in [1.807, 2.05) is 0 Å². The Kier molecular flexibility index (Phi) is 1.77. The van der Waals surface area contributed by atoms with Gasteiger partial charge in [0.1, 0.15) is 0 Å². The molecule has 3 N–H and O–H groups in total. The summed E-state index contributed by atoms with van der Waals surface area (Å²) in [5, 5.41) is 23.1. The highest BCUT2D eigenvalue weighted by Crippen LogP contribution is 2.28. The Labute approximate surface area is 93.2 Å². The molecular weight excluding hydrogens is 228 g/mol. The van der Waals surface area contributed by atoms with E-state index in [0.29, 0.717) is 22.2 Å². The van der Waals surface area contributed by atoms with Crippen LogP contribution >= 0.6 is 11.3 Å². The van der Waals surface area contributed by atoms with E-state index < -0.39 is 0 Å². The molecule has 0 unspecified atom stereocenters. The number of fused-ring (bicyclic) bond motifs is 1. The standard InChI is InChI=1S/C8H6N6OS/c9-7-6(8-11-5(15)3-16-8)13-12-4-1-2-10-14(4)7/h1-3,15H,9H2. The third-order valence-corrected chi connectivity index (χ3v) is 2.88. The first-order valence-electron chi connectivity index (χ1n) is 4.36. The Morgan fingerprint density at radius 3 is 3.00 bits per heavy atom. The molecule has 0 saturated heterocycles. The van der Waals surface area contributed by atoms with Crippen LogP contribution in [0, 0.1) is 0 Å². The molecule has 80 valence electrons. The lowest BCUT2D eigenvalue weighted by molar-refractivity contribution is 0.458. The first kappa shape index (κ1) is 9.04. The molecule has 0 fully saturated rings. The second-order valence-electron chi connectivity index (χ2n) is 3.05. The van der Waals surface area contributed by atoms with Gasteiger partial charge in [0.05, 0.1) is 11.6 Å². The second-order valence-corrected chi connectivity index (χ2v) is 3.90. The zero-order chi connectivity index (χ0) is 11.1. The first-order valence-corrected chi connectivity index (χ1v) is 5.24. The molecule has 7 nitrogen and oxygen atoms in total. The molecule has 0 atom stereocenters. The largest absolute Gasteiger partial charge is 0.493 e. The van der Waals surface area contributed by atoms with Gasteiger partial charge in [-0.15, -0.1) is 21.5 Å². The van der Waals surface area contributed by atoms with Crippen molar-refractivity contribution in [2.24, 2.45) is 0 Å². The molecule has 0 aromatic carbocycles. The Morgan fingerprint density at radius 2 is 2.25 bits per heavy atom. The third kappa shape index (κ3) is 1.20. The van der Waals surface area contributed by atoms with E-state index in [1.165, 1.54) is 21.2 Å². The topological polar surface area (TPSA) is 102 Å². The van der Waals surface area contributed by atoms with Gasteiger partial charge in [-0.2, -0.15) is 14.6 Å². The number of hydrogen-bond acceptors (Lipinski definition) is 7. The van der Waals surface area contributed by atoms with Crippen LogP contribution < -0.4 is 5.73 Å². The van der Waals surface area contributed by atoms with Crippen LogP contribution in [-0.4, -0.2) is 29.9 Å². The summed E-state index contributed by atoms with van der Waals surface area (Å²) in [4.78, 5) is 3.88. The first-order chi connectivity index (χ1) is 7.75. The lowest BCUT2D eigenvalue weighted by Crippen LogP contribution is -2.05. The van der Waals surface area contributed by atoms with Gasteiger partial charge in [0, 0.05) is 6.07 Å². The maximum Gasteiger partial charge on any atom is 0.222 e. The number of thiazole rings is 1. The summed E-state index contributed by atoms with van der Waals surface area (Å²) >= 11 is 1.24. The molecule has 3 rings (SSSR count). The third-order valence-electron chi connectivity index (χ3n) is 2.04. The van der Waals surface area contributed by atoms with E-state index in [9.17, 15) is 0 Å². The lowest BCUT2D eigenvalue weighted by Gasteiger charge is -2.01. The van der Waals surface area contributed by atoms with Crippen molar-refractivity contribution < 1.29 is 5.11 Å². The quantitative estimate of drug-likeness (QED) is 0.637. The van der Waals surface area contributed by atoms with Gasteiger partial charge in [0.15, 0.2) is 22.2 Å². The zero-order valence-corrected chi connectivity index (χ0v) is 8.72. The predicted molar refractivity (Wildman–Crippen MR) is 58.0 cm³/mol. The number of nitrogen functional groups attached to an aromatic ring is 1. The molecule has 0 aliphatic heterocycles. The average molecular weight is 234 g/mol. The van der Waals surface area contributed by atoms with Gasteiger partial charge in [0.2, 0.25) is 5.88 Å². The number of anilines is 1. The van der Waals surface area contributed by atoms with E-state index in [-0.39, 0.29) is 5.88 Å². The minimum absolute atomic E-state index is 0.0539. The van der Waals surface area contributed by atoms with E-state index in [0.717, 1.165) is 0 Å². The molecule has 3 heterocycles. The van der Waals surface area contributed by atoms with Crippen LogP contribution in [0.15, 0.2) is 17.6 Å². The van der Waals surface area contributed by atoms with Crippen LogP contribution in [0.5, 0.6) is 5.88 Å². The number of aromatic hydroxyl groups is 1. The summed E-state index contributed by atoms with van der Waals surface area (Å²) in [6.07, 6.45) is 1.59. The summed E-state index contributed by atoms with van der Waals surface area (Å²) in [6.45, 7) is 0. The second kappa shape index (κ2) is 3.14. The fourth-order valence-corrected chi connectivity index (χ4v) is 2.01. The van der Waals surface area contributed by atoms with Gasteiger partial charge in [-0.25, -0.2) is 0 Å². The summed E-state index contributed by atoms with van der Waals surface area (Å²) < 4.78 is 1.47. The number of hydrogen-bond donors (Lipinski definition) is 2. The van der Waals surface area contributed by atoms with Gasteiger partial charge in [-0.1, -0.05) is 0 Å². The molecule has 0 aliphatic rings. The van der Waals surface area contributed by atoms with Crippen LogP contribution in [-0.2, 0) is 0 Å². The molecular formula is C8H6N6OS. The molecule has 0 spiro atoms. The lowest BCUT2D eigenvalue weighted by atomic mass is 10.4. The summed E-state index contributed by atoms with van der Waals surface area (Å²) in [6, 6.07) is 1.70. The highest BCUT2D eigenvalue weighted by molar-refractivity contribution is 7.13. The van der Waals surface area contributed by atoms with Crippen molar-refractivity contribution >= 4 is 22.8 Å². The zero-order valence-electron chi connectivity index (χ0n) is 7.90. The smallest absolute Gasteiger partial charge is 0.222 e. The van der Waals surface area contributed by atoms with Crippen molar-refractivity contribution in [2.75, 3.05) is 5.73 Å². The van der Waals surface area contributed by atoms with E-state index in [4.69, 9.17) is 10.8 Å². The van der Waals surface area contributed by atoms with Crippen LogP contribution in [0.3, 0.4) is 0 Å². The highest BCUT2D eigenvalue weighted by Gasteiger charge is 2.13. The van der Waals surface area contributed by atoms with Crippen molar-refractivity contribution in [2.45, 2.75) is 0 Å². The van der Waals surface area contributed by atoms with E-state index >= 15 is 0 Å². The van der Waals surface area contributed by atoms with Gasteiger partial charge in [-0.3, -0.25) is 0 Å². The Morgan fingerprint density at radius 1 is 1.38 bits per heavy atom. The van der Waals surface area contributed by atoms with Crippen molar-refractivity contribution in [3.8, 4) is 16.6 Å².